The monoisotopic (exact) mass is 237 g/mol. The Balaban J connectivity index is 2.24. The molecule has 92 valence electrons. The molecular formula is C12H15NO4. The maximum absolute atomic E-state index is 11.7. The first-order valence-electron chi connectivity index (χ1n) is 5.73. The van der Waals surface area contributed by atoms with E-state index in [2.05, 4.69) is 0 Å². The Morgan fingerprint density at radius 3 is 2.94 bits per heavy atom. The van der Waals surface area contributed by atoms with Crippen molar-refractivity contribution in [2.45, 2.75) is 31.9 Å². The summed E-state index contributed by atoms with van der Waals surface area (Å²) in [6.07, 6.45) is 2.92. The van der Waals surface area contributed by atoms with Crippen molar-refractivity contribution in [2.24, 2.45) is 0 Å². The number of nitrogens with zero attached hydrogens (tertiary/aromatic N) is 1. The van der Waals surface area contributed by atoms with Crippen molar-refractivity contribution in [2.75, 3.05) is 6.61 Å². The number of ether oxygens (including phenoxy) is 1. The molecule has 0 radical (unpaired) electrons. The van der Waals surface area contributed by atoms with Gasteiger partial charge in [0.2, 0.25) is 0 Å². The van der Waals surface area contributed by atoms with Gasteiger partial charge >= 0.3 is 5.97 Å². The third-order valence-electron chi connectivity index (χ3n) is 2.93. The average molecular weight is 237 g/mol. The fourth-order valence-electron chi connectivity index (χ4n) is 2.05. The summed E-state index contributed by atoms with van der Waals surface area (Å²) in [7, 11) is 0. The molecule has 0 bridgehead atoms. The quantitative estimate of drug-likeness (QED) is 0.855. The molecule has 0 amide bonds. The van der Waals surface area contributed by atoms with Crippen LogP contribution in [-0.2, 0) is 11.3 Å². The van der Waals surface area contributed by atoms with Gasteiger partial charge in [0.1, 0.15) is 5.69 Å². The summed E-state index contributed by atoms with van der Waals surface area (Å²) in [5.41, 5.74) is -0.272. The number of hydrogen-bond acceptors (Lipinski definition) is 3. The Kier molecular flexibility index (Phi) is 3.58. The summed E-state index contributed by atoms with van der Waals surface area (Å²) in [6, 6.07) is 4.27. The van der Waals surface area contributed by atoms with Gasteiger partial charge in [-0.05, 0) is 25.3 Å². The highest BCUT2D eigenvalue weighted by molar-refractivity contribution is 5.85. The highest BCUT2D eigenvalue weighted by Gasteiger charge is 2.18. The molecule has 2 rings (SSSR count). The van der Waals surface area contributed by atoms with Crippen LogP contribution in [-0.4, -0.2) is 28.4 Å². The van der Waals surface area contributed by atoms with E-state index in [-0.39, 0.29) is 17.4 Å². The van der Waals surface area contributed by atoms with Crippen LogP contribution in [0.25, 0.3) is 0 Å². The van der Waals surface area contributed by atoms with E-state index in [0.717, 1.165) is 19.3 Å². The molecule has 1 unspecified atom stereocenters. The Hall–Kier alpha value is -1.62. The second-order valence-electron chi connectivity index (χ2n) is 4.15. The molecule has 5 heteroatoms. The molecule has 1 aromatic heterocycles. The number of aromatic carboxylic acids is 1. The number of hydrogen-bond donors (Lipinski definition) is 1. The van der Waals surface area contributed by atoms with Crippen molar-refractivity contribution in [1.29, 1.82) is 0 Å². The minimum absolute atomic E-state index is 0.0201. The van der Waals surface area contributed by atoms with Gasteiger partial charge in [-0.15, -0.1) is 0 Å². The molecule has 0 saturated carbocycles. The predicted molar refractivity (Wildman–Crippen MR) is 61.3 cm³/mol. The summed E-state index contributed by atoms with van der Waals surface area (Å²) in [6.45, 7) is 1.01. The lowest BCUT2D eigenvalue weighted by Gasteiger charge is -2.23. The fourth-order valence-corrected chi connectivity index (χ4v) is 2.05. The molecule has 1 aliphatic heterocycles. The molecule has 1 atom stereocenters. The first-order chi connectivity index (χ1) is 8.18. The number of rotatable bonds is 3. The lowest BCUT2D eigenvalue weighted by molar-refractivity contribution is 0.00477. The van der Waals surface area contributed by atoms with Crippen LogP contribution < -0.4 is 5.56 Å². The summed E-state index contributed by atoms with van der Waals surface area (Å²) in [5, 5.41) is 9.02. The molecule has 1 fully saturated rings. The maximum atomic E-state index is 11.7. The van der Waals surface area contributed by atoms with Gasteiger partial charge in [0.25, 0.3) is 5.56 Å². The van der Waals surface area contributed by atoms with E-state index in [1.54, 1.807) is 0 Å². The lowest BCUT2D eigenvalue weighted by atomic mass is 10.1. The Morgan fingerprint density at radius 1 is 1.47 bits per heavy atom. The third-order valence-corrected chi connectivity index (χ3v) is 2.93. The Morgan fingerprint density at radius 2 is 2.29 bits per heavy atom. The minimum Gasteiger partial charge on any atom is -0.477 e. The number of carboxylic acid groups (broad SMARTS) is 1. The maximum Gasteiger partial charge on any atom is 0.352 e. The summed E-state index contributed by atoms with van der Waals surface area (Å²) >= 11 is 0. The highest BCUT2D eigenvalue weighted by atomic mass is 16.5. The fraction of sp³-hybridized carbons (Fsp3) is 0.500. The number of carbonyl (C=O) groups is 1. The molecule has 1 N–H and O–H groups in total. The van der Waals surface area contributed by atoms with E-state index in [1.165, 1.54) is 22.8 Å². The normalized spacial score (nSPS) is 20.1. The topological polar surface area (TPSA) is 68.5 Å². The van der Waals surface area contributed by atoms with E-state index in [4.69, 9.17) is 9.84 Å². The van der Waals surface area contributed by atoms with Gasteiger partial charge in [-0.3, -0.25) is 9.36 Å². The van der Waals surface area contributed by atoms with Crippen LogP contribution in [0.4, 0.5) is 0 Å². The van der Waals surface area contributed by atoms with Crippen LogP contribution in [0.5, 0.6) is 0 Å². The van der Waals surface area contributed by atoms with E-state index in [0.29, 0.717) is 13.2 Å². The van der Waals surface area contributed by atoms with Gasteiger partial charge in [0.05, 0.1) is 12.6 Å². The number of pyridine rings is 1. The van der Waals surface area contributed by atoms with Crippen LogP contribution in [0.15, 0.2) is 23.0 Å². The molecule has 1 aliphatic rings. The van der Waals surface area contributed by atoms with Crippen molar-refractivity contribution in [3.63, 3.8) is 0 Å². The Labute approximate surface area is 98.6 Å². The molecule has 1 aromatic rings. The van der Waals surface area contributed by atoms with Crippen LogP contribution >= 0.6 is 0 Å². The van der Waals surface area contributed by atoms with E-state index in [1.807, 2.05) is 0 Å². The third kappa shape index (κ3) is 2.74. The average Bonchev–Trinajstić information content (AvgIpc) is 2.33. The van der Waals surface area contributed by atoms with Crippen molar-refractivity contribution in [1.82, 2.24) is 4.57 Å². The zero-order valence-electron chi connectivity index (χ0n) is 9.46. The van der Waals surface area contributed by atoms with E-state index < -0.39 is 5.97 Å². The molecule has 1 saturated heterocycles. The molecule has 0 aliphatic carbocycles. The van der Waals surface area contributed by atoms with E-state index in [9.17, 15) is 9.59 Å². The van der Waals surface area contributed by atoms with Crippen molar-refractivity contribution < 1.29 is 14.6 Å². The number of carboxylic acids is 1. The molecular weight excluding hydrogens is 222 g/mol. The summed E-state index contributed by atoms with van der Waals surface area (Å²) in [4.78, 5) is 22.7. The first kappa shape index (κ1) is 11.9. The highest BCUT2D eigenvalue weighted by Crippen LogP contribution is 2.14. The predicted octanol–water partition coefficient (Wildman–Crippen LogP) is 1.12. The molecule has 2 heterocycles. The van der Waals surface area contributed by atoms with Gasteiger partial charge < -0.3 is 9.84 Å². The zero-order chi connectivity index (χ0) is 12.3. The van der Waals surface area contributed by atoms with Gasteiger partial charge in [-0.1, -0.05) is 6.07 Å². The van der Waals surface area contributed by atoms with Crippen LogP contribution in [0, 0.1) is 0 Å². The first-order valence-corrected chi connectivity index (χ1v) is 5.73. The lowest BCUT2D eigenvalue weighted by Crippen LogP contribution is -2.33. The van der Waals surface area contributed by atoms with Gasteiger partial charge in [-0.25, -0.2) is 4.79 Å². The zero-order valence-corrected chi connectivity index (χ0v) is 9.46. The standard InChI is InChI=1S/C12H15NO4/c14-11-6-3-5-10(12(15)16)13(11)8-9-4-1-2-7-17-9/h3,5-6,9H,1-2,4,7-8H2,(H,15,16). The number of aromatic nitrogens is 1. The second kappa shape index (κ2) is 5.14. The SMILES string of the molecule is O=C(O)c1cccc(=O)n1CC1CCCCO1. The second-order valence-corrected chi connectivity index (χ2v) is 4.15. The summed E-state index contributed by atoms with van der Waals surface area (Å²) < 4.78 is 6.80. The van der Waals surface area contributed by atoms with Crippen LogP contribution in [0.2, 0.25) is 0 Å². The van der Waals surface area contributed by atoms with Crippen LogP contribution in [0.3, 0.4) is 0 Å². The van der Waals surface area contributed by atoms with Crippen molar-refractivity contribution in [3.05, 3.63) is 34.2 Å². The molecule has 5 nitrogen and oxygen atoms in total. The van der Waals surface area contributed by atoms with Gasteiger partial charge in [0.15, 0.2) is 0 Å². The molecule has 0 spiro atoms. The molecule has 17 heavy (non-hydrogen) atoms. The summed E-state index contributed by atoms with van der Waals surface area (Å²) in [5.74, 6) is -1.08. The van der Waals surface area contributed by atoms with Crippen molar-refractivity contribution >= 4 is 5.97 Å². The Bertz CT molecular complexity index is 460. The van der Waals surface area contributed by atoms with Crippen LogP contribution in [0.1, 0.15) is 29.8 Å². The van der Waals surface area contributed by atoms with Crippen molar-refractivity contribution in [3.8, 4) is 0 Å². The smallest absolute Gasteiger partial charge is 0.352 e. The van der Waals surface area contributed by atoms with E-state index >= 15 is 0 Å². The van der Waals surface area contributed by atoms with Gasteiger partial charge in [0, 0.05) is 12.7 Å². The molecule has 0 aromatic carbocycles. The van der Waals surface area contributed by atoms with Gasteiger partial charge in [-0.2, -0.15) is 0 Å². The largest absolute Gasteiger partial charge is 0.477 e. The minimum atomic E-state index is -1.08.